The lowest BCUT2D eigenvalue weighted by Gasteiger charge is -2.35. The minimum atomic E-state index is 0.0345. The van der Waals surface area contributed by atoms with Crippen LogP contribution in [0.4, 0.5) is 11.4 Å². The molecule has 1 saturated heterocycles. The van der Waals surface area contributed by atoms with Crippen LogP contribution in [0.25, 0.3) is 0 Å². The Hall–Kier alpha value is -2.11. The lowest BCUT2D eigenvalue weighted by Crippen LogP contribution is -2.44. The van der Waals surface area contributed by atoms with E-state index in [4.69, 9.17) is 15.2 Å². The first-order valence-corrected chi connectivity index (χ1v) is 7.34. The first kappa shape index (κ1) is 13.9. The van der Waals surface area contributed by atoms with Crippen LogP contribution < -0.4 is 25.4 Å². The average Bonchev–Trinajstić information content (AvgIpc) is 2.47. The van der Waals surface area contributed by atoms with Crippen molar-refractivity contribution in [1.29, 1.82) is 0 Å². The highest BCUT2D eigenvalue weighted by Gasteiger charge is 2.23. The van der Waals surface area contributed by atoms with Gasteiger partial charge in [0.05, 0.1) is 11.4 Å². The summed E-state index contributed by atoms with van der Waals surface area (Å²) in [4.78, 5) is 13.3. The number of ether oxygens (including phenoxy) is 2. The van der Waals surface area contributed by atoms with Gasteiger partial charge in [-0.25, -0.2) is 0 Å². The molecule has 1 aromatic carbocycles. The smallest absolute Gasteiger partial charge is 0.217 e. The Balaban J connectivity index is 1.72. The van der Waals surface area contributed by atoms with Crippen LogP contribution in [0.15, 0.2) is 12.1 Å². The van der Waals surface area contributed by atoms with Crippen molar-refractivity contribution in [1.82, 2.24) is 5.32 Å². The summed E-state index contributed by atoms with van der Waals surface area (Å²) in [7, 11) is 0. The van der Waals surface area contributed by atoms with E-state index in [-0.39, 0.29) is 11.9 Å². The van der Waals surface area contributed by atoms with E-state index >= 15 is 0 Å². The monoisotopic (exact) mass is 291 g/mol. The van der Waals surface area contributed by atoms with Crippen LogP contribution in [0.1, 0.15) is 19.8 Å². The van der Waals surface area contributed by atoms with Gasteiger partial charge in [-0.15, -0.1) is 0 Å². The van der Waals surface area contributed by atoms with Gasteiger partial charge in [0.25, 0.3) is 0 Å². The molecule has 3 rings (SSSR count). The third-order valence-electron chi connectivity index (χ3n) is 3.93. The van der Waals surface area contributed by atoms with Crippen LogP contribution in [-0.4, -0.2) is 38.3 Å². The van der Waals surface area contributed by atoms with E-state index in [1.165, 1.54) is 0 Å². The van der Waals surface area contributed by atoms with Crippen LogP contribution >= 0.6 is 0 Å². The first-order valence-electron chi connectivity index (χ1n) is 7.34. The molecule has 21 heavy (non-hydrogen) atoms. The molecule has 1 amide bonds. The average molecular weight is 291 g/mol. The lowest BCUT2D eigenvalue weighted by atomic mass is 10.0. The molecule has 2 aliphatic heterocycles. The van der Waals surface area contributed by atoms with Crippen LogP contribution in [0.5, 0.6) is 11.5 Å². The van der Waals surface area contributed by atoms with E-state index < -0.39 is 0 Å². The number of carbonyl (C=O) groups is 1. The number of nitrogens with zero attached hydrogens (tertiary/aromatic N) is 1. The maximum Gasteiger partial charge on any atom is 0.217 e. The molecule has 2 aliphatic rings. The molecule has 0 aliphatic carbocycles. The third-order valence-corrected chi connectivity index (χ3v) is 3.93. The summed E-state index contributed by atoms with van der Waals surface area (Å²) in [5, 5.41) is 2.98. The zero-order chi connectivity index (χ0) is 14.8. The second-order valence-corrected chi connectivity index (χ2v) is 5.52. The minimum absolute atomic E-state index is 0.0345. The van der Waals surface area contributed by atoms with Crippen molar-refractivity contribution in [2.45, 2.75) is 25.8 Å². The number of benzene rings is 1. The van der Waals surface area contributed by atoms with E-state index in [1.807, 2.05) is 12.1 Å². The Morgan fingerprint density at radius 2 is 1.86 bits per heavy atom. The Labute approximate surface area is 124 Å². The fourth-order valence-corrected chi connectivity index (χ4v) is 2.92. The summed E-state index contributed by atoms with van der Waals surface area (Å²) in [5.41, 5.74) is 7.84. The van der Waals surface area contributed by atoms with E-state index in [1.54, 1.807) is 6.92 Å². The number of nitrogens with two attached hydrogens (primary N) is 1. The zero-order valence-corrected chi connectivity index (χ0v) is 12.2. The van der Waals surface area contributed by atoms with Gasteiger partial charge in [0.15, 0.2) is 11.5 Å². The largest absolute Gasteiger partial charge is 0.486 e. The Morgan fingerprint density at radius 1 is 1.24 bits per heavy atom. The van der Waals surface area contributed by atoms with Crippen molar-refractivity contribution in [2.75, 3.05) is 36.9 Å². The molecule has 1 aromatic rings. The molecule has 0 atom stereocenters. The standard InChI is InChI=1S/C15H21N3O3/c1-10(19)17-11-2-4-18(5-3-11)13-9-15-14(8-12(13)16)20-6-7-21-15/h8-9,11H,2-7,16H2,1H3,(H,17,19). The van der Waals surface area contributed by atoms with Gasteiger partial charge in [0, 0.05) is 38.2 Å². The molecule has 6 nitrogen and oxygen atoms in total. The van der Waals surface area contributed by atoms with Crippen molar-refractivity contribution < 1.29 is 14.3 Å². The molecule has 2 heterocycles. The lowest BCUT2D eigenvalue weighted by molar-refractivity contribution is -0.119. The second kappa shape index (κ2) is 5.71. The number of hydrogen-bond acceptors (Lipinski definition) is 5. The third kappa shape index (κ3) is 2.99. The van der Waals surface area contributed by atoms with Gasteiger partial charge < -0.3 is 25.4 Å². The molecule has 0 bridgehead atoms. The molecule has 6 heteroatoms. The Morgan fingerprint density at radius 3 is 2.48 bits per heavy atom. The number of piperidine rings is 1. The number of carbonyl (C=O) groups excluding carboxylic acids is 1. The predicted octanol–water partition coefficient (Wildman–Crippen LogP) is 1.14. The number of hydrogen-bond donors (Lipinski definition) is 2. The summed E-state index contributed by atoms with van der Waals surface area (Å²) < 4.78 is 11.2. The molecular weight excluding hydrogens is 270 g/mol. The molecule has 0 saturated carbocycles. The zero-order valence-electron chi connectivity index (χ0n) is 12.2. The van der Waals surface area contributed by atoms with E-state index in [0.29, 0.717) is 18.9 Å². The van der Waals surface area contributed by atoms with Crippen LogP contribution in [0, 0.1) is 0 Å². The summed E-state index contributed by atoms with van der Waals surface area (Å²) >= 11 is 0. The van der Waals surface area contributed by atoms with Gasteiger partial charge in [-0.3, -0.25) is 4.79 Å². The normalized spacial score (nSPS) is 18.4. The van der Waals surface area contributed by atoms with E-state index in [0.717, 1.165) is 43.1 Å². The number of nitrogen functional groups attached to an aromatic ring is 1. The van der Waals surface area contributed by atoms with E-state index in [9.17, 15) is 4.79 Å². The summed E-state index contributed by atoms with van der Waals surface area (Å²) in [6, 6.07) is 4.06. The number of rotatable bonds is 2. The number of amides is 1. The predicted molar refractivity (Wildman–Crippen MR) is 80.9 cm³/mol. The molecule has 3 N–H and O–H groups in total. The highest BCUT2D eigenvalue weighted by Crippen LogP contribution is 2.39. The second-order valence-electron chi connectivity index (χ2n) is 5.52. The summed E-state index contributed by atoms with van der Waals surface area (Å²) in [6.07, 6.45) is 1.85. The van der Waals surface area contributed by atoms with E-state index in [2.05, 4.69) is 10.2 Å². The van der Waals surface area contributed by atoms with Gasteiger partial charge in [-0.05, 0) is 12.8 Å². The number of fused-ring (bicyclic) bond motifs is 1. The molecule has 0 unspecified atom stereocenters. The molecule has 0 spiro atoms. The van der Waals surface area contributed by atoms with Gasteiger partial charge in [0.2, 0.25) is 5.91 Å². The maximum atomic E-state index is 11.1. The SMILES string of the molecule is CC(=O)NC1CCN(c2cc3c(cc2N)OCCO3)CC1. The van der Waals surface area contributed by atoms with Crippen molar-refractivity contribution in [2.24, 2.45) is 0 Å². The Kier molecular flexibility index (Phi) is 3.77. The summed E-state index contributed by atoms with van der Waals surface area (Å²) in [5.74, 6) is 1.51. The van der Waals surface area contributed by atoms with Crippen molar-refractivity contribution in [3.05, 3.63) is 12.1 Å². The minimum Gasteiger partial charge on any atom is -0.486 e. The quantitative estimate of drug-likeness (QED) is 0.799. The van der Waals surface area contributed by atoms with Gasteiger partial charge in [-0.1, -0.05) is 0 Å². The molecule has 114 valence electrons. The van der Waals surface area contributed by atoms with Crippen LogP contribution in [-0.2, 0) is 4.79 Å². The van der Waals surface area contributed by atoms with Crippen molar-refractivity contribution >= 4 is 17.3 Å². The molecule has 0 radical (unpaired) electrons. The number of anilines is 2. The first-order chi connectivity index (χ1) is 10.1. The van der Waals surface area contributed by atoms with Gasteiger partial charge in [-0.2, -0.15) is 0 Å². The fraction of sp³-hybridized carbons (Fsp3) is 0.533. The van der Waals surface area contributed by atoms with Crippen molar-refractivity contribution in [3.8, 4) is 11.5 Å². The van der Waals surface area contributed by atoms with Gasteiger partial charge >= 0.3 is 0 Å². The topological polar surface area (TPSA) is 76.8 Å². The summed E-state index contributed by atoms with van der Waals surface area (Å²) in [6.45, 7) is 4.43. The van der Waals surface area contributed by atoms with Crippen LogP contribution in [0.2, 0.25) is 0 Å². The molecule has 0 aromatic heterocycles. The Bertz CT molecular complexity index is 539. The molecule has 1 fully saturated rings. The van der Waals surface area contributed by atoms with Gasteiger partial charge in [0.1, 0.15) is 13.2 Å². The van der Waals surface area contributed by atoms with Crippen molar-refractivity contribution in [3.63, 3.8) is 0 Å². The fourth-order valence-electron chi connectivity index (χ4n) is 2.92. The number of nitrogens with one attached hydrogen (secondary N) is 1. The maximum absolute atomic E-state index is 11.1. The van der Waals surface area contributed by atoms with Crippen LogP contribution in [0.3, 0.4) is 0 Å². The molecular formula is C15H21N3O3. The highest BCUT2D eigenvalue weighted by atomic mass is 16.6. The highest BCUT2D eigenvalue weighted by molar-refractivity contribution is 5.74.